The Bertz CT molecular complexity index is 1150. The number of carbonyl (C=O) groups excluding carboxylic acids is 1. The van der Waals surface area contributed by atoms with Crippen molar-refractivity contribution in [1.29, 1.82) is 10.8 Å². The van der Waals surface area contributed by atoms with Crippen molar-refractivity contribution in [3.05, 3.63) is 47.2 Å². The number of ether oxygens (including phenoxy) is 1. The molecular formula is C22H28N6O4S. The monoisotopic (exact) mass is 472 g/mol. The minimum Gasteiger partial charge on any atom is -0.492 e. The Balaban J connectivity index is 1.94. The fraction of sp³-hybridized carbons (Fsp3) is 0.364. The van der Waals surface area contributed by atoms with E-state index in [0.717, 1.165) is 6.34 Å². The molecule has 0 radical (unpaired) electrons. The number of nitrogens with one attached hydrogen (secondary N) is 2. The standard InChI is InChI=1S/C22H28N6O4S/c1-14(2)28(13-23)21(24)18-6-5-7-20(25-18)27-12-17-16(22(27)29)10-15(11-19(17)33(30)31)32-9-8-26(3)4/h5-7,10-11,13-14,23-24,33H,8-9,12H2,1-4H3. The average Bonchev–Trinajstić information content (AvgIpc) is 3.09. The lowest BCUT2D eigenvalue weighted by Gasteiger charge is -2.24. The summed E-state index contributed by atoms with van der Waals surface area (Å²) in [5.41, 5.74) is 0.968. The molecule has 11 heteroatoms. The van der Waals surface area contributed by atoms with Crippen LogP contribution in [-0.4, -0.2) is 74.6 Å². The predicted octanol–water partition coefficient (Wildman–Crippen LogP) is 1.80. The third kappa shape index (κ3) is 5.20. The van der Waals surface area contributed by atoms with Crippen LogP contribution in [0.3, 0.4) is 0 Å². The van der Waals surface area contributed by atoms with E-state index in [1.165, 1.54) is 15.9 Å². The maximum Gasteiger partial charge on any atom is 0.260 e. The van der Waals surface area contributed by atoms with E-state index in [9.17, 15) is 13.2 Å². The Morgan fingerprint density at radius 1 is 1.30 bits per heavy atom. The second-order valence-electron chi connectivity index (χ2n) is 8.13. The van der Waals surface area contributed by atoms with Gasteiger partial charge in [-0.05, 0) is 52.2 Å². The highest BCUT2D eigenvalue weighted by Gasteiger charge is 2.33. The fourth-order valence-electron chi connectivity index (χ4n) is 3.45. The van der Waals surface area contributed by atoms with Gasteiger partial charge in [0.2, 0.25) is 0 Å². The predicted molar refractivity (Wildman–Crippen MR) is 126 cm³/mol. The lowest BCUT2D eigenvalue weighted by Crippen LogP contribution is -2.36. The third-order valence-electron chi connectivity index (χ3n) is 5.20. The SMILES string of the molecule is CC(C)N(C=N)C(=N)c1cccc(N2Cc3c(cc(OCCN(C)C)cc3[SH](=O)=O)C2=O)n1. The van der Waals surface area contributed by atoms with Crippen LogP contribution in [0.4, 0.5) is 5.82 Å². The van der Waals surface area contributed by atoms with E-state index in [4.69, 9.17) is 15.6 Å². The quantitative estimate of drug-likeness (QED) is 0.288. The Morgan fingerprint density at radius 3 is 2.64 bits per heavy atom. The molecule has 1 aromatic heterocycles. The highest BCUT2D eigenvalue weighted by molar-refractivity contribution is 7.72. The van der Waals surface area contributed by atoms with E-state index in [1.807, 2.05) is 32.8 Å². The number of aromatic nitrogens is 1. The van der Waals surface area contributed by atoms with Crippen LogP contribution in [-0.2, 0) is 17.2 Å². The summed E-state index contributed by atoms with van der Waals surface area (Å²) in [6.45, 7) is 4.75. The van der Waals surface area contributed by atoms with Crippen LogP contribution in [0, 0.1) is 10.8 Å². The van der Waals surface area contributed by atoms with Crippen LogP contribution in [0.1, 0.15) is 35.5 Å². The normalized spacial score (nSPS) is 13.1. The number of thiol groups is 1. The number of anilines is 1. The van der Waals surface area contributed by atoms with Gasteiger partial charge in [-0.25, -0.2) is 13.4 Å². The molecular weight excluding hydrogens is 444 g/mol. The summed E-state index contributed by atoms with van der Waals surface area (Å²) in [6, 6.07) is 7.85. The van der Waals surface area contributed by atoms with E-state index < -0.39 is 10.7 Å². The molecule has 2 N–H and O–H groups in total. The van der Waals surface area contributed by atoms with Gasteiger partial charge in [-0.15, -0.1) is 0 Å². The van der Waals surface area contributed by atoms with Gasteiger partial charge < -0.3 is 14.5 Å². The number of amidine groups is 1. The highest BCUT2D eigenvalue weighted by atomic mass is 32.2. The van der Waals surface area contributed by atoms with Gasteiger partial charge in [0.05, 0.1) is 17.8 Å². The van der Waals surface area contributed by atoms with Crippen molar-refractivity contribution < 1.29 is 17.9 Å². The molecule has 0 unspecified atom stereocenters. The smallest absolute Gasteiger partial charge is 0.260 e. The number of pyridine rings is 1. The number of benzene rings is 1. The van der Waals surface area contributed by atoms with Crippen LogP contribution >= 0.6 is 0 Å². The maximum absolute atomic E-state index is 13.2. The zero-order valence-electron chi connectivity index (χ0n) is 19.0. The van der Waals surface area contributed by atoms with Gasteiger partial charge in [0.1, 0.15) is 23.9 Å². The molecule has 1 aromatic carbocycles. The second-order valence-corrected chi connectivity index (χ2v) is 9.12. The van der Waals surface area contributed by atoms with Crippen LogP contribution in [0.5, 0.6) is 5.75 Å². The molecule has 0 saturated carbocycles. The summed E-state index contributed by atoms with van der Waals surface area (Å²) in [7, 11) is 0.860. The molecule has 3 rings (SSSR count). The van der Waals surface area contributed by atoms with Crippen LogP contribution in [0.15, 0.2) is 35.2 Å². The lowest BCUT2D eigenvalue weighted by molar-refractivity contribution is 0.0995. The Kier molecular flexibility index (Phi) is 7.44. The number of fused-ring (bicyclic) bond motifs is 1. The van der Waals surface area contributed by atoms with E-state index in [0.29, 0.717) is 36.0 Å². The molecule has 33 heavy (non-hydrogen) atoms. The first-order chi connectivity index (χ1) is 15.6. The van der Waals surface area contributed by atoms with Gasteiger partial charge in [0, 0.05) is 23.7 Å². The molecule has 0 spiro atoms. The highest BCUT2D eigenvalue weighted by Crippen LogP contribution is 2.33. The number of hydrogen-bond donors (Lipinski definition) is 3. The first-order valence-corrected chi connectivity index (χ1v) is 11.6. The summed E-state index contributed by atoms with van der Waals surface area (Å²) in [4.78, 5) is 22.5. The molecule has 0 atom stereocenters. The zero-order valence-corrected chi connectivity index (χ0v) is 19.9. The van der Waals surface area contributed by atoms with Crippen molar-refractivity contribution in [1.82, 2.24) is 14.8 Å². The lowest BCUT2D eigenvalue weighted by atomic mass is 10.1. The van der Waals surface area contributed by atoms with Gasteiger partial charge in [0.25, 0.3) is 5.91 Å². The summed E-state index contributed by atoms with van der Waals surface area (Å²) < 4.78 is 29.5. The summed E-state index contributed by atoms with van der Waals surface area (Å²) >= 11 is 0. The number of likely N-dealkylation sites (N-methyl/N-ethyl adjacent to an activating group) is 1. The molecule has 0 fully saturated rings. The molecule has 2 aromatic rings. The number of carbonyl (C=O) groups is 1. The van der Waals surface area contributed by atoms with E-state index >= 15 is 0 Å². The fourth-order valence-corrected chi connectivity index (χ4v) is 4.09. The second kappa shape index (κ2) is 10.1. The molecule has 176 valence electrons. The van der Waals surface area contributed by atoms with E-state index in [-0.39, 0.29) is 34.8 Å². The van der Waals surface area contributed by atoms with Crippen molar-refractivity contribution in [3.63, 3.8) is 0 Å². The number of amides is 1. The van der Waals surface area contributed by atoms with Crippen molar-refractivity contribution in [3.8, 4) is 5.75 Å². The van der Waals surface area contributed by atoms with E-state index in [2.05, 4.69) is 4.98 Å². The summed E-state index contributed by atoms with van der Waals surface area (Å²) in [5, 5.41) is 15.9. The van der Waals surface area contributed by atoms with Crippen LogP contribution in [0.25, 0.3) is 0 Å². The van der Waals surface area contributed by atoms with Crippen LogP contribution < -0.4 is 9.64 Å². The molecule has 1 aliphatic heterocycles. The molecule has 0 aliphatic carbocycles. The third-order valence-corrected chi connectivity index (χ3v) is 6.00. The number of rotatable bonds is 9. The van der Waals surface area contributed by atoms with Gasteiger partial charge >= 0.3 is 0 Å². The van der Waals surface area contributed by atoms with Crippen molar-refractivity contribution in [2.75, 3.05) is 32.1 Å². The molecule has 10 nitrogen and oxygen atoms in total. The maximum atomic E-state index is 13.2. The van der Waals surface area contributed by atoms with Gasteiger partial charge in [-0.2, -0.15) is 0 Å². The van der Waals surface area contributed by atoms with Crippen molar-refractivity contribution >= 4 is 34.6 Å². The minimum atomic E-state index is -2.94. The molecule has 0 bridgehead atoms. The topological polar surface area (TPSA) is 131 Å². The first kappa shape index (κ1) is 24.3. The van der Waals surface area contributed by atoms with Gasteiger partial charge in [-0.3, -0.25) is 20.5 Å². The first-order valence-electron chi connectivity index (χ1n) is 10.4. The van der Waals surface area contributed by atoms with Crippen LogP contribution in [0.2, 0.25) is 0 Å². The Labute approximate surface area is 194 Å². The largest absolute Gasteiger partial charge is 0.492 e. The number of hydrogen-bond acceptors (Lipinski definition) is 8. The summed E-state index contributed by atoms with van der Waals surface area (Å²) in [6.07, 6.45) is 1.06. The van der Waals surface area contributed by atoms with Gasteiger partial charge in [-0.1, -0.05) is 6.07 Å². The average molecular weight is 473 g/mol. The zero-order chi connectivity index (χ0) is 24.3. The van der Waals surface area contributed by atoms with Crippen molar-refractivity contribution in [2.45, 2.75) is 31.3 Å². The minimum absolute atomic E-state index is 0.0333. The van der Waals surface area contributed by atoms with Gasteiger partial charge in [0.15, 0.2) is 16.5 Å². The number of nitrogens with zero attached hydrogens (tertiary/aromatic N) is 4. The van der Waals surface area contributed by atoms with Crippen molar-refractivity contribution in [2.24, 2.45) is 0 Å². The van der Waals surface area contributed by atoms with E-state index in [1.54, 1.807) is 24.3 Å². The summed E-state index contributed by atoms with van der Waals surface area (Å²) in [5.74, 6) is 0.271. The molecule has 2 heterocycles. The molecule has 1 amide bonds. The molecule has 1 aliphatic rings. The Hall–Kier alpha value is -3.31. The Morgan fingerprint density at radius 2 is 2.03 bits per heavy atom. The molecule has 0 saturated heterocycles.